The van der Waals surface area contributed by atoms with Gasteiger partial charge in [0.1, 0.15) is 11.5 Å². The number of hydrogen-bond donors (Lipinski definition) is 0. The number of amides is 2. The van der Waals surface area contributed by atoms with E-state index in [4.69, 9.17) is 4.42 Å². The summed E-state index contributed by atoms with van der Waals surface area (Å²) in [7, 11) is 0. The van der Waals surface area contributed by atoms with Crippen LogP contribution in [0.3, 0.4) is 0 Å². The first-order chi connectivity index (χ1) is 13.5. The minimum absolute atomic E-state index is 0.0939. The number of aryl methyl sites for hydroxylation is 2. The number of carbonyl (C=O) groups is 2. The lowest BCUT2D eigenvalue weighted by Gasteiger charge is -2.26. The van der Waals surface area contributed by atoms with E-state index in [-0.39, 0.29) is 11.8 Å². The summed E-state index contributed by atoms with van der Waals surface area (Å²) >= 11 is 0. The van der Waals surface area contributed by atoms with E-state index in [0.717, 1.165) is 31.5 Å². The van der Waals surface area contributed by atoms with Gasteiger partial charge in [0, 0.05) is 32.6 Å². The molecular weight excluding hydrogens is 352 g/mol. The van der Waals surface area contributed by atoms with Crippen LogP contribution in [0, 0.1) is 13.8 Å². The molecule has 5 nitrogen and oxygen atoms in total. The number of nitrogens with zero attached hydrogens (tertiary/aromatic N) is 2. The first-order valence-electron chi connectivity index (χ1n) is 10.1. The summed E-state index contributed by atoms with van der Waals surface area (Å²) in [5, 5.41) is 0. The Morgan fingerprint density at radius 2 is 1.57 bits per heavy atom. The van der Waals surface area contributed by atoms with Gasteiger partial charge in [-0.25, -0.2) is 0 Å². The van der Waals surface area contributed by atoms with Crippen molar-refractivity contribution < 1.29 is 14.0 Å². The molecule has 0 fully saturated rings. The third kappa shape index (κ3) is 5.98. The van der Waals surface area contributed by atoms with Gasteiger partial charge in [0.15, 0.2) is 0 Å². The maximum Gasteiger partial charge on any atom is 0.257 e. The molecule has 28 heavy (non-hydrogen) atoms. The van der Waals surface area contributed by atoms with E-state index in [1.807, 2.05) is 42.2 Å². The summed E-state index contributed by atoms with van der Waals surface area (Å²) in [6.45, 7) is 10.2. The molecule has 0 aliphatic carbocycles. The van der Waals surface area contributed by atoms with Gasteiger partial charge in [0.25, 0.3) is 5.91 Å². The van der Waals surface area contributed by atoms with Crippen molar-refractivity contribution in [1.82, 2.24) is 9.80 Å². The van der Waals surface area contributed by atoms with Gasteiger partial charge in [-0.2, -0.15) is 0 Å². The predicted octanol–water partition coefficient (Wildman–Crippen LogP) is 4.58. The molecule has 1 aromatic heterocycles. The zero-order chi connectivity index (χ0) is 20.5. The van der Waals surface area contributed by atoms with E-state index >= 15 is 0 Å². The molecule has 0 aliphatic heterocycles. The molecule has 0 N–H and O–H groups in total. The fourth-order valence-corrected chi connectivity index (χ4v) is 3.36. The van der Waals surface area contributed by atoms with Crippen LogP contribution in [0.15, 0.2) is 40.8 Å². The summed E-state index contributed by atoms with van der Waals surface area (Å²) < 4.78 is 5.54. The quantitative estimate of drug-likeness (QED) is 0.603. The molecule has 1 heterocycles. The molecule has 2 amide bonds. The van der Waals surface area contributed by atoms with Crippen molar-refractivity contribution in [2.45, 2.75) is 53.5 Å². The van der Waals surface area contributed by atoms with Gasteiger partial charge in [-0.3, -0.25) is 9.59 Å². The second-order valence-electron chi connectivity index (χ2n) is 7.17. The van der Waals surface area contributed by atoms with Crippen molar-refractivity contribution in [3.05, 3.63) is 59.0 Å². The number of carbonyl (C=O) groups excluding carboxylic acids is 2. The van der Waals surface area contributed by atoms with Gasteiger partial charge in [-0.15, -0.1) is 0 Å². The van der Waals surface area contributed by atoms with Crippen molar-refractivity contribution >= 4 is 11.8 Å². The Morgan fingerprint density at radius 3 is 2.11 bits per heavy atom. The SMILES string of the molecule is CCCN(CCC)C(=O)CCN(Cc1ccccc1)C(=O)c1cc(C)oc1C. The monoisotopic (exact) mass is 384 g/mol. The standard InChI is InChI=1S/C23H32N2O3/c1-5-13-24(14-6-2)22(26)12-15-25(17-20-10-8-7-9-11-20)23(27)21-16-18(3)28-19(21)4/h7-11,16H,5-6,12-15,17H2,1-4H3. The summed E-state index contributed by atoms with van der Waals surface area (Å²) in [4.78, 5) is 29.5. The first kappa shape index (κ1) is 21.7. The Kier molecular flexibility index (Phi) is 8.30. The lowest BCUT2D eigenvalue weighted by molar-refractivity contribution is -0.131. The van der Waals surface area contributed by atoms with Crippen LogP contribution >= 0.6 is 0 Å². The average molecular weight is 385 g/mol. The van der Waals surface area contributed by atoms with Crippen LogP contribution in [-0.4, -0.2) is 41.2 Å². The third-order valence-electron chi connectivity index (χ3n) is 4.71. The number of benzene rings is 1. The zero-order valence-electron chi connectivity index (χ0n) is 17.5. The molecule has 152 valence electrons. The number of hydrogen-bond acceptors (Lipinski definition) is 3. The predicted molar refractivity (Wildman–Crippen MR) is 111 cm³/mol. The largest absolute Gasteiger partial charge is 0.466 e. The van der Waals surface area contributed by atoms with Gasteiger partial charge in [0.05, 0.1) is 5.56 Å². The molecule has 0 saturated carbocycles. The molecule has 0 radical (unpaired) electrons. The third-order valence-corrected chi connectivity index (χ3v) is 4.71. The molecule has 0 unspecified atom stereocenters. The van der Waals surface area contributed by atoms with E-state index in [0.29, 0.717) is 36.6 Å². The van der Waals surface area contributed by atoms with E-state index in [1.54, 1.807) is 17.9 Å². The second kappa shape index (κ2) is 10.7. The summed E-state index contributed by atoms with van der Waals surface area (Å²) in [5.74, 6) is 1.34. The van der Waals surface area contributed by atoms with Crippen molar-refractivity contribution in [1.29, 1.82) is 0 Å². The van der Waals surface area contributed by atoms with Crippen molar-refractivity contribution in [3.8, 4) is 0 Å². The number of rotatable bonds is 10. The molecule has 0 spiro atoms. The Labute approximate surface area is 168 Å². The number of furan rings is 1. The Morgan fingerprint density at radius 1 is 0.929 bits per heavy atom. The highest BCUT2D eigenvalue weighted by Gasteiger charge is 2.22. The highest BCUT2D eigenvalue weighted by molar-refractivity contribution is 5.95. The van der Waals surface area contributed by atoms with Gasteiger partial charge in [-0.1, -0.05) is 44.2 Å². The van der Waals surface area contributed by atoms with Gasteiger partial charge in [0.2, 0.25) is 5.91 Å². The fraction of sp³-hybridized carbons (Fsp3) is 0.478. The lowest BCUT2D eigenvalue weighted by Crippen LogP contribution is -2.37. The molecule has 1 aromatic carbocycles. The highest BCUT2D eigenvalue weighted by Crippen LogP contribution is 2.18. The summed E-state index contributed by atoms with van der Waals surface area (Å²) in [6, 6.07) is 11.6. The van der Waals surface area contributed by atoms with Gasteiger partial charge in [-0.05, 0) is 38.3 Å². The van der Waals surface area contributed by atoms with Crippen LogP contribution in [0.4, 0.5) is 0 Å². The molecular formula is C23H32N2O3. The Balaban J connectivity index is 2.15. The van der Waals surface area contributed by atoms with E-state index in [9.17, 15) is 9.59 Å². The van der Waals surface area contributed by atoms with Crippen LogP contribution in [-0.2, 0) is 11.3 Å². The molecule has 5 heteroatoms. The van der Waals surface area contributed by atoms with Crippen molar-refractivity contribution in [2.24, 2.45) is 0 Å². The normalized spacial score (nSPS) is 10.7. The minimum atomic E-state index is -0.0939. The van der Waals surface area contributed by atoms with Crippen LogP contribution in [0.1, 0.15) is 60.6 Å². The Hall–Kier alpha value is -2.56. The molecule has 0 saturated heterocycles. The van der Waals surface area contributed by atoms with Gasteiger partial charge < -0.3 is 14.2 Å². The second-order valence-corrected chi connectivity index (χ2v) is 7.17. The van der Waals surface area contributed by atoms with Crippen LogP contribution in [0.2, 0.25) is 0 Å². The van der Waals surface area contributed by atoms with Crippen LogP contribution in [0.25, 0.3) is 0 Å². The summed E-state index contributed by atoms with van der Waals surface area (Å²) in [6.07, 6.45) is 2.20. The molecule has 2 rings (SSSR count). The fourth-order valence-electron chi connectivity index (χ4n) is 3.36. The van der Waals surface area contributed by atoms with Crippen LogP contribution < -0.4 is 0 Å². The first-order valence-corrected chi connectivity index (χ1v) is 10.1. The van der Waals surface area contributed by atoms with Crippen LogP contribution in [0.5, 0.6) is 0 Å². The molecule has 0 bridgehead atoms. The average Bonchev–Trinajstić information content (AvgIpc) is 3.03. The molecule has 0 aliphatic rings. The maximum absolute atomic E-state index is 13.2. The minimum Gasteiger partial charge on any atom is -0.466 e. The Bertz CT molecular complexity index is 761. The summed E-state index contributed by atoms with van der Waals surface area (Å²) in [5.41, 5.74) is 1.61. The van der Waals surface area contributed by atoms with Gasteiger partial charge >= 0.3 is 0 Å². The van der Waals surface area contributed by atoms with Crippen molar-refractivity contribution in [2.75, 3.05) is 19.6 Å². The van der Waals surface area contributed by atoms with E-state index in [1.165, 1.54) is 0 Å². The van der Waals surface area contributed by atoms with E-state index < -0.39 is 0 Å². The molecule has 0 atom stereocenters. The smallest absolute Gasteiger partial charge is 0.257 e. The highest BCUT2D eigenvalue weighted by atomic mass is 16.3. The zero-order valence-corrected chi connectivity index (χ0v) is 17.5. The van der Waals surface area contributed by atoms with E-state index in [2.05, 4.69) is 13.8 Å². The maximum atomic E-state index is 13.2. The molecule has 2 aromatic rings. The van der Waals surface area contributed by atoms with Crippen molar-refractivity contribution in [3.63, 3.8) is 0 Å². The topological polar surface area (TPSA) is 53.8 Å². The lowest BCUT2D eigenvalue weighted by atomic mass is 10.1.